The molecule has 2 aromatic rings. The molecule has 1 aliphatic rings. The Labute approximate surface area is 196 Å². The van der Waals surface area contributed by atoms with Crippen molar-refractivity contribution in [3.63, 3.8) is 0 Å². The number of nitro groups is 1. The number of nitro benzene ring substituents is 1. The molecule has 3 unspecified atom stereocenters. The maximum absolute atomic E-state index is 13.4. The number of sulfonamides is 1. The molecule has 1 heterocycles. The third-order valence-corrected chi connectivity index (χ3v) is 7.22. The van der Waals surface area contributed by atoms with Crippen molar-refractivity contribution in [2.24, 2.45) is 0 Å². The van der Waals surface area contributed by atoms with Gasteiger partial charge in [-0.05, 0) is 37.5 Å². The smallest absolute Gasteiger partial charge is 0.293 e. The fourth-order valence-electron chi connectivity index (χ4n) is 3.76. The lowest BCUT2D eigenvalue weighted by Crippen LogP contribution is -2.56. The molecule has 2 aromatic carbocycles. The highest BCUT2D eigenvalue weighted by Crippen LogP contribution is 2.26. The number of piperidine rings is 1. The number of carbonyl (C=O) groups is 2. The first kappa shape index (κ1) is 25.4. The van der Waals surface area contributed by atoms with E-state index < -0.39 is 33.1 Å². The Morgan fingerprint density at radius 2 is 1.88 bits per heavy atom. The van der Waals surface area contributed by atoms with Gasteiger partial charge in [0.25, 0.3) is 22.2 Å². The van der Waals surface area contributed by atoms with Gasteiger partial charge in [0.1, 0.15) is 0 Å². The molecular formula is C22H25N3O8S. The van der Waals surface area contributed by atoms with E-state index in [0.29, 0.717) is 12.8 Å². The molecule has 11 nitrogen and oxygen atoms in total. The van der Waals surface area contributed by atoms with Gasteiger partial charge in [0.15, 0.2) is 11.9 Å². The molecule has 0 aromatic heterocycles. The standard InChI is InChI=1S/C22H25N3O8S/c1-16(27)22(32-15-26)21-12-9-19(13-23-21)25(33-14-17-5-3-2-4-6-17)34(30,31)20-10-7-18(8-11-20)24(28)29/h2-8,10-11,15,19,21-23H,9,12-14H2,1H3. The van der Waals surface area contributed by atoms with Crippen molar-refractivity contribution >= 4 is 28.0 Å². The second kappa shape index (κ2) is 11.3. The van der Waals surface area contributed by atoms with Crippen LogP contribution in [0.15, 0.2) is 59.5 Å². The van der Waals surface area contributed by atoms with E-state index in [1.165, 1.54) is 6.92 Å². The summed E-state index contributed by atoms with van der Waals surface area (Å²) >= 11 is 0. The number of ketones is 1. The summed E-state index contributed by atoms with van der Waals surface area (Å²) in [6.07, 6.45) is -0.294. The Hall–Kier alpha value is -3.19. The number of carbonyl (C=O) groups excluding carboxylic acids is 2. The molecule has 0 saturated carbocycles. The van der Waals surface area contributed by atoms with Crippen LogP contribution >= 0.6 is 0 Å². The maximum Gasteiger partial charge on any atom is 0.293 e. The number of nitrogens with one attached hydrogen (secondary N) is 1. The van der Waals surface area contributed by atoms with Crippen molar-refractivity contribution in [2.75, 3.05) is 6.54 Å². The summed E-state index contributed by atoms with van der Waals surface area (Å²) in [6.45, 7) is 1.65. The molecule has 0 spiro atoms. The topological polar surface area (TPSA) is 145 Å². The predicted molar refractivity (Wildman–Crippen MR) is 120 cm³/mol. The Kier molecular flexibility index (Phi) is 8.45. The van der Waals surface area contributed by atoms with Gasteiger partial charge in [0, 0.05) is 18.7 Å². The molecule has 1 fully saturated rings. The molecule has 1 saturated heterocycles. The zero-order chi connectivity index (χ0) is 24.7. The number of benzene rings is 2. The number of hydroxylamine groups is 1. The van der Waals surface area contributed by atoms with Crippen LogP contribution in [0.3, 0.4) is 0 Å². The lowest BCUT2D eigenvalue weighted by Gasteiger charge is -2.37. The number of nitrogens with zero attached hydrogens (tertiary/aromatic N) is 2. The first-order valence-electron chi connectivity index (χ1n) is 10.5. The molecule has 0 amide bonds. The van der Waals surface area contributed by atoms with Crippen LogP contribution < -0.4 is 5.32 Å². The zero-order valence-corrected chi connectivity index (χ0v) is 19.2. The van der Waals surface area contributed by atoms with Gasteiger partial charge in [-0.2, -0.15) is 0 Å². The zero-order valence-electron chi connectivity index (χ0n) is 18.4. The van der Waals surface area contributed by atoms with E-state index in [1.807, 2.05) is 6.07 Å². The van der Waals surface area contributed by atoms with Gasteiger partial charge in [-0.3, -0.25) is 24.5 Å². The molecule has 0 radical (unpaired) electrons. The number of ether oxygens (including phenoxy) is 1. The van der Waals surface area contributed by atoms with E-state index in [4.69, 9.17) is 9.57 Å². The Morgan fingerprint density at radius 3 is 2.41 bits per heavy atom. The van der Waals surface area contributed by atoms with E-state index in [-0.39, 0.29) is 36.0 Å². The molecule has 182 valence electrons. The molecule has 0 aliphatic carbocycles. The molecule has 34 heavy (non-hydrogen) atoms. The van der Waals surface area contributed by atoms with Gasteiger partial charge < -0.3 is 10.1 Å². The Morgan fingerprint density at radius 1 is 1.21 bits per heavy atom. The van der Waals surface area contributed by atoms with Crippen LogP contribution in [-0.2, 0) is 35.8 Å². The van der Waals surface area contributed by atoms with Gasteiger partial charge in [0.2, 0.25) is 0 Å². The van der Waals surface area contributed by atoms with Crippen LogP contribution in [0.25, 0.3) is 0 Å². The van der Waals surface area contributed by atoms with Crippen LogP contribution in [0.1, 0.15) is 25.3 Å². The third kappa shape index (κ3) is 6.03. The van der Waals surface area contributed by atoms with Crippen molar-refractivity contribution in [1.29, 1.82) is 0 Å². The van der Waals surface area contributed by atoms with Crippen molar-refractivity contribution in [2.45, 2.75) is 49.5 Å². The minimum Gasteiger partial charge on any atom is -0.455 e. The first-order valence-corrected chi connectivity index (χ1v) is 12.0. The second-order valence-electron chi connectivity index (χ2n) is 7.78. The predicted octanol–water partition coefficient (Wildman–Crippen LogP) is 1.97. The lowest BCUT2D eigenvalue weighted by molar-refractivity contribution is -0.384. The average Bonchev–Trinajstić information content (AvgIpc) is 2.83. The number of hydrogen-bond acceptors (Lipinski definition) is 9. The summed E-state index contributed by atoms with van der Waals surface area (Å²) in [6, 6.07) is 12.5. The average molecular weight is 492 g/mol. The number of Topliss-reactive ketones (excluding diaryl/α,β-unsaturated/α-hetero) is 1. The molecule has 12 heteroatoms. The molecule has 1 N–H and O–H groups in total. The summed E-state index contributed by atoms with van der Waals surface area (Å²) in [5.41, 5.74) is 0.521. The summed E-state index contributed by atoms with van der Waals surface area (Å²) < 4.78 is 32.7. The largest absolute Gasteiger partial charge is 0.455 e. The fourth-order valence-corrected chi connectivity index (χ4v) is 5.21. The van der Waals surface area contributed by atoms with Crippen LogP contribution in [0.2, 0.25) is 0 Å². The van der Waals surface area contributed by atoms with E-state index in [0.717, 1.165) is 34.3 Å². The molecule has 3 atom stereocenters. The van der Waals surface area contributed by atoms with Gasteiger partial charge in [-0.15, -0.1) is 0 Å². The minimum absolute atomic E-state index is 0.0166. The van der Waals surface area contributed by atoms with Crippen molar-refractivity contribution in [3.8, 4) is 0 Å². The van der Waals surface area contributed by atoms with Crippen LogP contribution in [0, 0.1) is 10.1 Å². The normalized spacial score (nSPS) is 19.4. The van der Waals surface area contributed by atoms with Gasteiger partial charge in [0.05, 0.1) is 28.5 Å². The summed E-state index contributed by atoms with van der Waals surface area (Å²) in [7, 11) is -4.18. The summed E-state index contributed by atoms with van der Waals surface area (Å²) in [4.78, 5) is 38.5. The number of rotatable bonds is 11. The van der Waals surface area contributed by atoms with E-state index in [1.54, 1.807) is 24.3 Å². The van der Waals surface area contributed by atoms with Crippen LogP contribution in [0.5, 0.6) is 0 Å². The maximum atomic E-state index is 13.4. The van der Waals surface area contributed by atoms with E-state index in [2.05, 4.69) is 5.32 Å². The number of non-ortho nitro benzene ring substituents is 1. The minimum atomic E-state index is -4.18. The fraction of sp³-hybridized carbons (Fsp3) is 0.364. The van der Waals surface area contributed by atoms with Crippen molar-refractivity contribution in [3.05, 3.63) is 70.3 Å². The Bertz CT molecular complexity index is 1100. The monoisotopic (exact) mass is 491 g/mol. The van der Waals surface area contributed by atoms with Crippen LogP contribution in [-0.4, -0.2) is 54.8 Å². The molecule has 1 aliphatic heterocycles. The summed E-state index contributed by atoms with van der Waals surface area (Å²) in [5, 5.41) is 14.0. The second-order valence-corrected chi connectivity index (χ2v) is 9.56. The van der Waals surface area contributed by atoms with E-state index >= 15 is 0 Å². The van der Waals surface area contributed by atoms with E-state index in [9.17, 15) is 28.1 Å². The molecule has 3 rings (SSSR count). The molecule has 0 bridgehead atoms. The first-order chi connectivity index (χ1) is 16.2. The SMILES string of the molecule is CC(=O)C(OC=O)C1CCC(N(OCc2ccccc2)S(=O)(=O)c2ccc([N+](=O)[O-])cc2)CN1. The quantitative estimate of drug-likeness (QED) is 0.283. The Balaban J connectivity index is 1.83. The highest BCUT2D eigenvalue weighted by Gasteiger charge is 2.38. The molecular weight excluding hydrogens is 466 g/mol. The van der Waals surface area contributed by atoms with Crippen molar-refractivity contribution in [1.82, 2.24) is 9.79 Å². The van der Waals surface area contributed by atoms with Crippen LogP contribution in [0.4, 0.5) is 5.69 Å². The summed E-state index contributed by atoms with van der Waals surface area (Å²) in [5.74, 6) is -0.321. The van der Waals surface area contributed by atoms with Crippen molar-refractivity contribution < 1.29 is 32.5 Å². The van der Waals surface area contributed by atoms with Gasteiger partial charge >= 0.3 is 0 Å². The van der Waals surface area contributed by atoms with Gasteiger partial charge in [-0.25, -0.2) is 8.42 Å². The lowest BCUT2D eigenvalue weighted by atomic mass is 9.95. The number of hydrogen-bond donors (Lipinski definition) is 1. The highest BCUT2D eigenvalue weighted by atomic mass is 32.2. The third-order valence-electron chi connectivity index (χ3n) is 5.48. The highest BCUT2D eigenvalue weighted by molar-refractivity contribution is 7.89. The van der Waals surface area contributed by atoms with Gasteiger partial charge in [-0.1, -0.05) is 34.8 Å².